The van der Waals surface area contributed by atoms with Gasteiger partial charge in [0, 0.05) is 56.5 Å². The summed E-state index contributed by atoms with van der Waals surface area (Å²) in [6.07, 6.45) is 12.0. The van der Waals surface area contributed by atoms with E-state index in [1.54, 1.807) is 12.4 Å². The maximum atomic E-state index is 13.5. The zero-order chi connectivity index (χ0) is 25.7. The highest BCUT2D eigenvalue weighted by molar-refractivity contribution is 5.94. The Morgan fingerprint density at radius 3 is 2.16 bits per heavy atom. The van der Waals surface area contributed by atoms with Crippen molar-refractivity contribution in [3.63, 3.8) is 0 Å². The molecule has 0 radical (unpaired) electrons. The fourth-order valence-corrected chi connectivity index (χ4v) is 6.07. The molecule has 0 bridgehead atoms. The number of imidazole rings is 2. The van der Waals surface area contributed by atoms with E-state index in [2.05, 4.69) is 60.6 Å². The third kappa shape index (κ3) is 6.67. The van der Waals surface area contributed by atoms with Crippen molar-refractivity contribution in [3.05, 3.63) is 71.8 Å². The number of hydrogen-bond acceptors (Lipinski definition) is 5. The molecule has 0 atom stereocenters. The second kappa shape index (κ2) is 11.6. The highest BCUT2D eigenvalue weighted by atomic mass is 16.2. The number of hydrogen-bond donors (Lipinski definition) is 2. The van der Waals surface area contributed by atoms with E-state index in [1.807, 2.05) is 24.5 Å². The number of aromatic amines is 2. The van der Waals surface area contributed by atoms with E-state index in [0.29, 0.717) is 24.4 Å². The summed E-state index contributed by atoms with van der Waals surface area (Å²) < 4.78 is 0. The summed E-state index contributed by atoms with van der Waals surface area (Å²) in [6.45, 7) is 12.0. The van der Waals surface area contributed by atoms with E-state index < -0.39 is 0 Å². The van der Waals surface area contributed by atoms with E-state index in [4.69, 9.17) is 0 Å². The molecule has 8 nitrogen and oxygen atoms in total. The van der Waals surface area contributed by atoms with Crippen LogP contribution in [-0.2, 0) is 19.6 Å². The van der Waals surface area contributed by atoms with Crippen molar-refractivity contribution in [1.82, 2.24) is 34.6 Å². The van der Waals surface area contributed by atoms with Crippen LogP contribution in [0.5, 0.6) is 0 Å². The van der Waals surface area contributed by atoms with Crippen LogP contribution in [0.1, 0.15) is 67.1 Å². The van der Waals surface area contributed by atoms with Crippen LogP contribution in [0.15, 0.2) is 49.1 Å². The number of H-pyrrole nitrogens is 2. The van der Waals surface area contributed by atoms with Crippen LogP contribution in [0.25, 0.3) is 0 Å². The van der Waals surface area contributed by atoms with E-state index in [9.17, 15) is 4.79 Å². The molecule has 0 aliphatic carbocycles. The molecule has 1 aromatic carbocycles. The Labute approximate surface area is 220 Å². The van der Waals surface area contributed by atoms with Crippen molar-refractivity contribution in [2.75, 3.05) is 32.7 Å². The Morgan fingerprint density at radius 2 is 1.59 bits per heavy atom. The molecule has 198 valence electrons. The van der Waals surface area contributed by atoms with Crippen LogP contribution in [0.3, 0.4) is 0 Å². The third-order valence-electron chi connectivity index (χ3n) is 7.95. The largest absolute Gasteiger partial charge is 0.348 e. The topological polar surface area (TPSA) is 84.2 Å². The maximum Gasteiger partial charge on any atom is 0.253 e. The molecule has 37 heavy (non-hydrogen) atoms. The van der Waals surface area contributed by atoms with Gasteiger partial charge in [0.05, 0.1) is 13.1 Å². The number of nitrogens with zero attached hydrogens (tertiary/aromatic N) is 5. The number of rotatable bonds is 9. The maximum absolute atomic E-state index is 13.5. The van der Waals surface area contributed by atoms with Crippen LogP contribution in [0.4, 0.5) is 0 Å². The SMILES string of the molecule is CC(C)CN1CCC2(CCCN(C(=O)c3ccc(CN(Cc4ncc[nH]4)Cc4ncc[nH]4)cc3)C2)CC1. The molecular formula is C29H41N7O. The monoisotopic (exact) mass is 503 g/mol. The molecular weight excluding hydrogens is 462 g/mol. The predicted molar refractivity (Wildman–Crippen MR) is 145 cm³/mol. The molecule has 2 N–H and O–H groups in total. The molecule has 2 saturated heterocycles. The minimum absolute atomic E-state index is 0.179. The average Bonchev–Trinajstić information content (AvgIpc) is 3.60. The smallest absolute Gasteiger partial charge is 0.253 e. The highest BCUT2D eigenvalue weighted by Gasteiger charge is 2.39. The van der Waals surface area contributed by atoms with Crippen LogP contribution < -0.4 is 0 Å². The predicted octanol–water partition coefficient (Wildman–Crippen LogP) is 4.31. The second-order valence-electron chi connectivity index (χ2n) is 11.4. The molecule has 5 rings (SSSR count). The van der Waals surface area contributed by atoms with Gasteiger partial charge in [0.1, 0.15) is 11.6 Å². The number of carbonyl (C=O) groups is 1. The quantitative estimate of drug-likeness (QED) is 0.455. The second-order valence-corrected chi connectivity index (χ2v) is 11.4. The average molecular weight is 504 g/mol. The fourth-order valence-electron chi connectivity index (χ4n) is 6.07. The number of carbonyl (C=O) groups excluding carboxylic acids is 1. The summed E-state index contributed by atoms with van der Waals surface area (Å²) in [5.74, 6) is 2.74. The van der Waals surface area contributed by atoms with E-state index in [0.717, 1.165) is 43.3 Å². The molecule has 0 unspecified atom stereocenters. The number of amides is 1. The number of aromatic nitrogens is 4. The first kappa shape index (κ1) is 25.7. The molecule has 1 spiro atoms. The van der Waals surface area contributed by atoms with Gasteiger partial charge in [0.2, 0.25) is 0 Å². The number of nitrogens with one attached hydrogen (secondary N) is 2. The lowest BCUT2D eigenvalue weighted by atomic mass is 9.72. The molecule has 3 aromatic rings. The lowest BCUT2D eigenvalue weighted by Gasteiger charge is -2.48. The van der Waals surface area contributed by atoms with Gasteiger partial charge in [0.15, 0.2) is 0 Å². The van der Waals surface area contributed by atoms with Crippen molar-refractivity contribution in [2.24, 2.45) is 11.3 Å². The normalized spacial score (nSPS) is 18.2. The summed E-state index contributed by atoms with van der Waals surface area (Å²) in [6, 6.07) is 8.19. The zero-order valence-electron chi connectivity index (χ0n) is 22.3. The van der Waals surface area contributed by atoms with Crippen molar-refractivity contribution in [2.45, 2.75) is 59.2 Å². The van der Waals surface area contributed by atoms with Gasteiger partial charge in [-0.3, -0.25) is 9.69 Å². The Morgan fingerprint density at radius 1 is 0.946 bits per heavy atom. The standard InChI is InChI=1S/C29H41N7O/c1-23(2)18-34-16-9-29(10-17-34)8-3-15-36(22-29)28(37)25-6-4-24(5-7-25)19-35(20-26-30-11-12-31-26)21-27-32-13-14-33-27/h4-7,11-14,23H,3,8-10,15-22H2,1-2H3,(H,30,31)(H,32,33). The van der Waals surface area contributed by atoms with E-state index >= 15 is 0 Å². The molecule has 4 heterocycles. The Bertz CT molecular complexity index is 1060. The molecule has 8 heteroatoms. The lowest BCUT2D eigenvalue weighted by molar-refractivity contribution is 0.0193. The van der Waals surface area contributed by atoms with Crippen molar-refractivity contribution < 1.29 is 4.79 Å². The summed E-state index contributed by atoms with van der Waals surface area (Å²) in [4.78, 5) is 35.6. The van der Waals surface area contributed by atoms with E-state index in [1.165, 1.54) is 44.5 Å². The number of likely N-dealkylation sites (tertiary alicyclic amines) is 2. The fraction of sp³-hybridized carbons (Fsp3) is 0.552. The van der Waals surface area contributed by atoms with Gasteiger partial charge >= 0.3 is 0 Å². The van der Waals surface area contributed by atoms with Crippen LogP contribution >= 0.6 is 0 Å². The third-order valence-corrected chi connectivity index (χ3v) is 7.95. The van der Waals surface area contributed by atoms with Gasteiger partial charge in [-0.1, -0.05) is 26.0 Å². The van der Waals surface area contributed by atoms with Crippen LogP contribution in [0.2, 0.25) is 0 Å². The summed E-state index contributed by atoms with van der Waals surface area (Å²) in [5.41, 5.74) is 2.27. The highest BCUT2D eigenvalue weighted by Crippen LogP contribution is 2.40. The summed E-state index contributed by atoms with van der Waals surface area (Å²) >= 11 is 0. The van der Waals surface area contributed by atoms with Crippen LogP contribution in [0, 0.1) is 11.3 Å². The molecule has 2 aliphatic rings. The van der Waals surface area contributed by atoms with Crippen molar-refractivity contribution >= 4 is 5.91 Å². The van der Waals surface area contributed by atoms with Gasteiger partial charge in [-0.15, -0.1) is 0 Å². The first-order chi connectivity index (χ1) is 18.0. The summed E-state index contributed by atoms with van der Waals surface area (Å²) in [5, 5.41) is 0. The van der Waals surface area contributed by atoms with Crippen LogP contribution in [-0.4, -0.2) is 73.3 Å². The number of benzene rings is 1. The molecule has 1 amide bonds. The first-order valence-corrected chi connectivity index (χ1v) is 13.8. The lowest BCUT2D eigenvalue weighted by Crippen LogP contribution is -2.51. The Hall–Kier alpha value is -2.97. The molecule has 2 fully saturated rings. The van der Waals surface area contributed by atoms with E-state index in [-0.39, 0.29) is 5.91 Å². The van der Waals surface area contributed by atoms with Gasteiger partial charge in [-0.2, -0.15) is 0 Å². The van der Waals surface area contributed by atoms with Gasteiger partial charge in [0.25, 0.3) is 5.91 Å². The van der Waals surface area contributed by atoms with Crippen molar-refractivity contribution in [3.8, 4) is 0 Å². The Balaban J connectivity index is 1.20. The molecule has 0 saturated carbocycles. The minimum Gasteiger partial charge on any atom is -0.348 e. The Kier molecular flexibility index (Phi) is 8.05. The minimum atomic E-state index is 0.179. The number of piperidine rings is 2. The summed E-state index contributed by atoms with van der Waals surface area (Å²) in [7, 11) is 0. The van der Waals surface area contributed by atoms with Gasteiger partial charge in [-0.25, -0.2) is 9.97 Å². The van der Waals surface area contributed by atoms with Crippen molar-refractivity contribution in [1.29, 1.82) is 0 Å². The molecule has 2 aromatic heterocycles. The van der Waals surface area contributed by atoms with Gasteiger partial charge in [-0.05, 0) is 67.8 Å². The molecule has 2 aliphatic heterocycles. The van der Waals surface area contributed by atoms with Gasteiger partial charge < -0.3 is 19.8 Å². The zero-order valence-corrected chi connectivity index (χ0v) is 22.3. The first-order valence-electron chi connectivity index (χ1n) is 13.8.